The van der Waals surface area contributed by atoms with Crippen LogP contribution >= 0.6 is 0 Å². The molecule has 0 bridgehead atoms. The molecule has 0 atom stereocenters. The Hall–Kier alpha value is -2.30. The quantitative estimate of drug-likeness (QED) is 0.889. The van der Waals surface area contributed by atoms with E-state index in [0.717, 1.165) is 11.8 Å². The largest absolute Gasteiger partial charge is 0.352 e. The van der Waals surface area contributed by atoms with E-state index in [1.54, 1.807) is 12.4 Å². The molecule has 0 saturated carbocycles. The van der Waals surface area contributed by atoms with Crippen molar-refractivity contribution in [1.29, 1.82) is 0 Å². The number of amides is 1. The number of hydrogen-bond acceptors (Lipinski definition) is 3. The summed E-state index contributed by atoms with van der Waals surface area (Å²) in [5.41, 5.74) is 1.08. The number of halogens is 1. The van der Waals surface area contributed by atoms with Crippen LogP contribution in [0.2, 0.25) is 0 Å². The molecule has 2 aromatic rings. The number of rotatable bonds is 4. The van der Waals surface area contributed by atoms with Crippen LogP contribution in [0.5, 0.6) is 0 Å². The van der Waals surface area contributed by atoms with E-state index in [0.29, 0.717) is 13.0 Å². The van der Waals surface area contributed by atoms with Gasteiger partial charge in [-0.25, -0.2) is 4.39 Å². The third-order valence-corrected chi connectivity index (χ3v) is 2.47. The van der Waals surface area contributed by atoms with Gasteiger partial charge >= 0.3 is 0 Å². The van der Waals surface area contributed by atoms with E-state index in [-0.39, 0.29) is 5.56 Å². The molecule has 0 aliphatic heterocycles. The van der Waals surface area contributed by atoms with Crippen molar-refractivity contribution in [3.05, 3.63) is 59.9 Å². The molecule has 2 heterocycles. The maximum atomic E-state index is 13.3. The molecule has 92 valence electrons. The summed E-state index contributed by atoms with van der Waals surface area (Å²) in [6, 6.07) is 5.11. The number of nitrogens with zero attached hydrogens (tertiary/aromatic N) is 2. The standard InChI is InChI=1S/C13H12FN3O/c14-12-9-16-7-4-11(12)13(18)17-8-3-10-1-5-15-6-2-10/h1-2,4-7,9H,3,8H2,(H,17,18). The van der Waals surface area contributed by atoms with Crippen LogP contribution in [0.15, 0.2) is 43.0 Å². The van der Waals surface area contributed by atoms with Crippen LogP contribution in [0.4, 0.5) is 4.39 Å². The second-order valence-corrected chi connectivity index (χ2v) is 3.72. The number of hydrogen-bond donors (Lipinski definition) is 1. The molecule has 1 amide bonds. The van der Waals surface area contributed by atoms with Crippen molar-refractivity contribution >= 4 is 5.91 Å². The van der Waals surface area contributed by atoms with Gasteiger partial charge in [0, 0.05) is 25.1 Å². The van der Waals surface area contributed by atoms with E-state index in [1.807, 2.05) is 12.1 Å². The predicted octanol–water partition coefficient (Wildman–Crippen LogP) is 1.59. The van der Waals surface area contributed by atoms with Gasteiger partial charge in [-0.3, -0.25) is 14.8 Å². The van der Waals surface area contributed by atoms with Gasteiger partial charge in [0.1, 0.15) is 0 Å². The van der Waals surface area contributed by atoms with Crippen LogP contribution < -0.4 is 5.32 Å². The van der Waals surface area contributed by atoms with Crippen LogP contribution in [0.3, 0.4) is 0 Å². The zero-order valence-corrected chi connectivity index (χ0v) is 9.64. The molecule has 2 rings (SSSR count). The van der Waals surface area contributed by atoms with Crippen molar-refractivity contribution in [1.82, 2.24) is 15.3 Å². The summed E-state index contributed by atoms with van der Waals surface area (Å²) in [6.07, 6.45) is 6.49. The first-order chi connectivity index (χ1) is 8.77. The lowest BCUT2D eigenvalue weighted by Gasteiger charge is -2.05. The first-order valence-corrected chi connectivity index (χ1v) is 5.54. The van der Waals surface area contributed by atoms with Gasteiger partial charge in [-0.05, 0) is 30.2 Å². The van der Waals surface area contributed by atoms with Crippen molar-refractivity contribution in [2.45, 2.75) is 6.42 Å². The Bertz CT molecular complexity index is 531. The molecular formula is C13H12FN3O. The molecule has 0 aromatic carbocycles. The fraction of sp³-hybridized carbons (Fsp3) is 0.154. The lowest BCUT2D eigenvalue weighted by molar-refractivity contribution is 0.0950. The molecule has 0 saturated heterocycles. The van der Waals surface area contributed by atoms with Crippen LogP contribution in [0.1, 0.15) is 15.9 Å². The molecule has 1 N–H and O–H groups in total. The van der Waals surface area contributed by atoms with Gasteiger partial charge in [0.15, 0.2) is 5.82 Å². The highest BCUT2D eigenvalue weighted by Gasteiger charge is 2.10. The molecule has 2 aromatic heterocycles. The van der Waals surface area contributed by atoms with E-state index >= 15 is 0 Å². The Morgan fingerprint density at radius 2 is 1.89 bits per heavy atom. The normalized spacial score (nSPS) is 10.1. The van der Waals surface area contributed by atoms with E-state index in [4.69, 9.17) is 0 Å². The molecule has 5 heteroatoms. The topological polar surface area (TPSA) is 54.9 Å². The van der Waals surface area contributed by atoms with Gasteiger partial charge in [0.2, 0.25) is 0 Å². The Kier molecular flexibility index (Phi) is 3.96. The Labute approximate surface area is 104 Å². The smallest absolute Gasteiger partial charge is 0.254 e. The van der Waals surface area contributed by atoms with Gasteiger partial charge in [0.05, 0.1) is 11.8 Å². The minimum Gasteiger partial charge on any atom is -0.352 e. The first-order valence-electron chi connectivity index (χ1n) is 5.54. The van der Waals surface area contributed by atoms with Crippen molar-refractivity contribution in [3.63, 3.8) is 0 Å². The lowest BCUT2D eigenvalue weighted by atomic mass is 10.2. The third kappa shape index (κ3) is 3.10. The zero-order chi connectivity index (χ0) is 12.8. The van der Waals surface area contributed by atoms with Crippen LogP contribution in [-0.2, 0) is 6.42 Å². The summed E-state index contributed by atoms with van der Waals surface area (Å²) in [4.78, 5) is 19.2. The summed E-state index contributed by atoms with van der Waals surface area (Å²) >= 11 is 0. The number of carbonyl (C=O) groups excluding carboxylic acids is 1. The van der Waals surface area contributed by atoms with Gasteiger partial charge in [-0.1, -0.05) is 0 Å². The van der Waals surface area contributed by atoms with E-state index in [1.165, 1.54) is 12.3 Å². The van der Waals surface area contributed by atoms with E-state index in [9.17, 15) is 9.18 Å². The molecule has 0 radical (unpaired) electrons. The second kappa shape index (κ2) is 5.86. The molecular weight excluding hydrogens is 233 g/mol. The summed E-state index contributed by atoms with van der Waals surface area (Å²) in [6.45, 7) is 0.449. The number of carbonyl (C=O) groups is 1. The van der Waals surface area contributed by atoms with Crippen LogP contribution in [0, 0.1) is 5.82 Å². The third-order valence-electron chi connectivity index (χ3n) is 2.47. The molecule has 0 unspecified atom stereocenters. The Balaban J connectivity index is 1.88. The number of aromatic nitrogens is 2. The summed E-state index contributed by atoms with van der Waals surface area (Å²) in [7, 11) is 0. The highest BCUT2D eigenvalue weighted by Crippen LogP contribution is 2.04. The maximum Gasteiger partial charge on any atom is 0.254 e. The first kappa shape index (κ1) is 12.2. The van der Waals surface area contributed by atoms with Gasteiger partial charge < -0.3 is 5.32 Å². The molecule has 0 aliphatic rings. The predicted molar refractivity (Wildman–Crippen MR) is 64.5 cm³/mol. The van der Waals surface area contributed by atoms with Crippen LogP contribution in [0.25, 0.3) is 0 Å². The number of nitrogens with one attached hydrogen (secondary N) is 1. The molecule has 18 heavy (non-hydrogen) atoms. The summed E-state index contributed by atoms with van der Waals surface area (Å²) < 4.78 is 13.3. The van der Waals surface area contributed by atoms with Crippen molar-refractivity contribution < 1.29 is 9.18 Å². The average Bonchev–Trinajstić information content (AvgIpc) is 2.40. The van der Waals surface area contributed by atoms with Crippen molar-refractivity contribution in [2.75, 3.05) is 6.54 Å². The fourth-order valence-electron chi connectivity index (χ4n) is 1.52. The zero-order valence-electron chi connectivity index (χ0n) is 9.64. The molecule has 0 fully saturated rings. The van der Waals surface area contributed by atoms with Crippen LogP contribution in [-0.4, -0.2) is 22.4 Å². The van der Waals surface area contributed by atoms with Gasteiger partial charge in [-0.15, -0.1) is 0 Å². The Morgan fingerprint density at radius 1 is 1.17 bits per heavy atom. The van der Waals surface area contributed by atoms with Gasteiger partial charge in [0.25, 0.3) is 5.91 Å². The minimum atomic E-state index is -0.612. The summed E-state index contributed by atoms with van der Waals surface area (Å²) in [5, 5.41) is 2.66. The van der Waals surface area contributed by atoms with Crippen molar-refractivity contribution in [3.8, 4) is 0 Å². The molecule has 4 nitrogen and oxygen atoms in total. The molecule has 0 spiro atoms. The van der Waals surface area contributed by atoms with E-state index in [2.05, 4.69) is 15.3 Å². The lowest BCUT2D eigenvalue weighted by Crippen LogP contribution is -2.26. The SMILES string of the molecule is O=C(NCCc1ccncc1)c1ccncc1F. The monoisotopic (exact) mass is 245 g/mol. The van der Waals surface area contributed by atoms with Crippen molar-refractivity contribution in [2.24, 2.45) is 0 Å². The second-order valence-electron chi connectivity index (χ2n) is 3.72. The van der Waals surface area contributed by atoms with Gasteiger partial charge in [-0.2, -0.15) is 0 Å². The Morgan fingerprint density at radius 3 is 2.61 bits per heavy atom. The fourth-order valence-corrected chi connectivity index (χ4v) is 1.52. The highest BCUT2D eigenvalue weighted by atomic mass is 19.1. The average molecular weight is 245 g/mol. The van der Waals surface area contributed by atoms with E-state index < -0.39 is 11.7 Å². The highest BCUT2D eigenvalue weighted by molar-refractivity contribution is 5.94. The minimum absolute atomic E-state index is 0.0136. The maximum absolute atomic E-state index is 13.3. The molecule has 0 aliphatic carbocycles. The summed E-state index contributed by atoms with van der Waals surface area (Å²) in [5.74, 6) is -1.04. The number of pyridine rings is 2.